The molecule has 2 aliphatic heterocycles. The van der Waals surface area contributed by atoms with Crippen molar-refractivity contribution < 1.29 is 31.1 Å². The van der Waals surface area contributed by atoms with E-state index < -0.39 is 45.5 Å². The number of alkyl halides is 3. The maximum absolute atomic E-state index is 14.1. The van der Waals surface area contributed by atoms with Crippen LogP contribution in [0, 0.1) is 17.7 Å². The van der Waals surface area contributed by atoms with Crippen LogP contribution in [0.1, 0.15) is 19.3 Å². The maximum Gasteiger partial charge on any atom is 0.408 e. The lowest BCUT2D eigenvalue weighted by molar-refractivity contribution is -0.146. The van der Waals surface area contributed by atoms with Crippen LogP contribution in [0.2, 0.25) is 0 Å². The molecule has 1 aliphatic carbocycles. The minimum Gasteiger partial charge on any atom is -0.396 e. The van der Waals surface area contributed by atoms with Gasteiger partial charge in [0.1, 0.15) is 22.6 Å². The van der Waals surface area contributed by atoms with Gasteiger partial charge in [-0.2, -0.15) is 21.6 Å². The number of amidine groups is 1. The summed E-state index contributed by atoms with van der Waals surface area (Å²) in [5.74, 6) is -1.52. The van der Waals surface area contributed by atoms with Gasteiger partial charge in [0.25, 0.3) is 10.0 Å². The Balaban J connectivity index is 1.84. The van der Waals surface area contributed by atoms with E-state index in [9.17, 15) is 31.1 Å². The summed E-state index contributed by atoms with van der Waals surface area (Å²) in [5.41, 5.74) is -0.263. The highest BCUT2D eigenvalue weighted by Gasteiger charge is 2.50. The van der Waals surface area contributed by atoms with Gasteiger partial charge in [-0.25, -0.2) is 4.39 Å². The number of fused-ring (bicyclic) bond motifs is 1. The molecule has 0 aromatic heterocycles. The number of aliphatic hydroxyl groups is 1. The van der Waals surface area contributed by atoms with Crippen molar-refractivity contribution in [3.05, 3.63) is 17.9 Å². The molecule has 0 amide bonds. The first-order valence-electron chi connectivity index (χ1n) is 8.50. The van der Waals surface area contributed by atoms with E-state index in [-0.39, 0.29) is 36.1 Å². The highest BCUT2D eigenvalue weighted by molar-refractivity contribution is 7.90. The van der Waals surface area contributed by atoms with Gasteiger partial charge in [0.2, 0.25) is 0 Å². The van der Waals surface area contributed by atoms with Crippen LogP contribution in [-0.4, -0.2) is 44.7 Å². The van der Waals surface area contributed by atoms with E-state index in [1.165, 1.54) is 0 Å². The highest BCUT2D eigenvalue weighted by atomic mass is 32.2. The Morgan fingerprint density at radius 1 is 1.30 bits per heavy atom. The minimum atomic E-state index is -4.61. The fraction of sp³-hybridized carbons (Fsp3) is 0.562. The summed E-state index contributed by atoms with van der Waals surface area (Å²) >= 11 is 0. The molecule has 27 heavy (non-hydrogen) atoms. The summed E-state index contributed by atoms with van der Waals surface area (Å²) < 4.78 is 83.3. The topological polar surface area (TPSA) is 82.0 Å². The Bertz CT molecular complexity index is 912. The predicted octanol–water partition coefficient (Wildman–Crippen LogP) is 2.50. The van der Waals surface area contributed by atoms with Gasteiger partial charge in [-0.15, -0.1) is 4.40 Å². The molecule has 1 aromatic rings. The molecule has 2 heterocycles. The summed E-state index contributed by atoms with van der Waals surface area (Å²) in [4.78, 5) is 0.455. The van der Waals surface area contributed by atoms with Crippen LogP contribution in [0.5, 0.6) is 0 Å². The molecule has 1 saturated carbocycles. The van der Waals surface area contributed by atoms with Crippen molar-refractivity contribution >= 4 is 27.2 Å². The molecule has 3 aliphatic rings. The average molecular weight is 407 g/mol. The molecular formula is C16H17F4N3O3S. The number of rotatable bonds is 3. The van der Waals surface area contributed by atoms with E-state index in [1.54, 1.807) is 0 Å². The fourth-order valence-corrected chi connectivity index (χ4v) is 4.85. The molecule has 1 aromatic carbocycles. The first-order chi connectivity index (χ1) is 12.6. The standard InChI is InChI=1S/C16H17F4N3O3S/c17-10-4-11(23-6-8(7-24)3-13(23)16(18,19)20)14-12(5-10)27(25,26)22-15(21-14)9-1-2-9/h4-5,8-9,13,24H,1-3,6-7H2,(H,21,22)/t8-,13+/m0/s1. The molecule has 6 nitrogen and oxygen atoms in total. The van der Waals surface area contributed by atoms with Gasteiger partial charge in [0.15, 0.2) is 0 Å². The van der Waals surface area contributed by atoms with E-state index in [0.717, 1.165) is 29.9 Å². The number of benzene rings is 1. The quantitative estimate of drug-likeness (QED) is 0.753. The van der Waals surface area contributed by atoms with Crippen molar-refractivity contribution in [1.82, 2.24) is 0 Å². The molecule has 11 heteroatoms. The molecule has 0 bridgehead atoms. The number of sulfonamides is 1. The van der Waals surface area contributed by atoms with Crippen molar-refractivity contribution in [1.29, 1.82) is 0 Å². The van der Waals surface area contributed by atoms with Crippen molar-refractivity contribution in [3.8, 4) is 0 Å². The second-order valence-electron chi connectivity index (χ2n) is 7.14. The smallest absolute Gasteiger partial charge is 0.396 e. The predicted molar refractivity (Wildman–Crippen MR) is 89.7 cm³/mol. The number of aliphatic hydroxyl groups excluding tert-OH is 1. The molecule has 4 rings (SSSR count). The SMILES string of the molecule is O=S1(=O)N=C(C2CC2)Nc2c(N3C[C@@H](CO)C[C@@H]3C(F)(F)F)cc(F)cc21. The molecule has 0 spiro atoms. The van der Waals surface area contributed by atoms with Crippen molar-refractivity contribution in [3.63, 3.8) is 0 Å². The molecular weight excluding hydrogens is 390 g/mol. The molecule has 148 valence electrons. The third-order valence-electron chi connectivity index (χ3n) is 5.09. The Kier molecular flexibility index (Phi) is 4.15. The van der Waals surface area contributed by atoms with Gasteiger partial charge in [-0.3, -0.25) is 0 Å². The van der Waals surface area contributed by atoms with Crippen LogP contribution in [-0.2, 0) is 10.0 Å². The molecule has 2 N–H and O–H groups in total. The number of nitrogens with one attached hydrogen (secondary N) is 1. The molecule has 0 unspecified atom stereocenters. The molecule has 2 fully saturated rings. The zero-order valence-corrected chi connectivity index (χ0v) is 14.8. The summed E-state index contributed by atoms with van der Waals surface area (Å²) in [6.07, 6.45) is -3.49. The molecule has 1 saturated heterocycles. The number of hydrogen-bond acceptors (Lipinski definition) is 5. The van der Waals surface area contributed by atoms with Crippen molar-refractivity contribution in [2.45, 2.75) is 36.4 Å². The monoisotopic (exact) mass is 407 g/mol. The lowest BCUT2D eigenvalue weighted by Crippen LogP contribution is -2.42. The van der Waals surface area contributed by atoms with E-state index in [2.05, 4.69) is 9.71 Å². The third-order valence-corrected chi connectivity index (χ3v) is 6.41. The van der Waals surface area contributed by atoms with Crippen LogP contribution in [0.25, 0.3) is 0 Å². The Hall–Kier alpha value is -1.88. The van der Waals surface area contributed by atoms with Crippen LogP contribution in [0.4, 0.5) is 28.9 Å². The van der Waals surface area contributed by atoms with Crippen LogP contribution in [0.15, 0.2) is 21.4 Å². The number of nitrogens with zero attached hydrogens (tertiary/aromatic N) is 2. The number of hydrogen-bond donors (Lipinski definition) is 2. The normalized spacial score (nSPS) is 27.1. The van der Waals surface area contributed by atoms with Crippen molar-refractivity contribution in [2.75, 3.05) is 23.4 Å². The zero-order valence-electron chi connectivity index (χ0n) is 14.0. The first kappa shape index (κ1) is 18.5. The van der Waals surface area contributed by atoms with Gasteiger partial charge in [-0.1, -0.05) is 0 Å². The average Bonchev–Trinajstić information content (AvgIpc) is 3.32. The zero-order chi connectivity index (χ0) is 19.6. The Morgan fingerprint density at radius 3 is 2.59 bits per heavy atom. The van der Waals surface area contributed by atoms with E-state index in [1.807, 2.05) is 0 Å². The Morgan fingerprint density at radius 2 is 2.00 bits per heavy atom. The van der Waals surface area contributed by atoms with Gasteiger partial charge < -0.3 is 15.3 Å². The van der Waals surface area contributed by atoms with Crippen LogP contribution in [0.3, 0.4) is 0 Å². The van der Waals surface area contributed by atoms with Crippen LogP contribution < -0.4 is 10.2 Å². The van der Waals surface area contributed by atoms with Gasteiger partial charge in [0, 0.05) is 25.0 Å². The number of halogens is 4. The van der Waals surface area contributed by atoms with Gasteiger partial charge >= 0.3 is 6.18 Å². The summed E-state index contributed by atoms with van der Waals surface area (Å²) in [7, 11) is -4.21. The van der Waals surface area contributed by atoms with E-state index >= 15 is 0 Å². The second kappa shape index (κ2) is 6.06. The summed E-state index contributed by atoms with van der Waals surface area (Å²) in [6.45, 7) is -0.602. The highest BCUT2D eigenvalue weighted by Crippen LogP contribution is 2.46. The lowest BCUT2D eigenvalue weighted by Gasteiger charge is -2.32. The molecule has 2 atom stereocenters. The second-order valence-corrected chi connectivity index (χ2v) is 8.72. The maximum atomic E-state index is 14.1. The summed E-state index contributed by atoms with van der Waals surface area (Å²) in [5, 5.41) is 12.1. The number of anilines is 2. The lowest BCUT2D eigenvalue weighted by atomic mass is 10.1. The molecule has 0 radical (unpaired) electrons. The first-order valence-corrected chi connectivity index (χ1v) is 9.94. The minimum absolute atomic E-state index is 0.0823. The largest absolute Gasteiger partial charge is 0.408 e. The third kappa shape index (κ3) is 3.27. The summed E-state index contributed by atoms with van der Waals surface area (Å²) in [6, 6.07) is -0.278. The Labute approximate surface area is 152 Å². The van der Waals surface area contributed by atoms with Gasteiger partial charge in [-0.05, 0) is 31.4 Å². The van der Waals surface area contributed by atoms with Crippen molar-refractivity contribution in [2.24, 2.45) is 16.2 Å². The van der Waals surface area contributed by atoms with E-state index in [0.29, 0.717) is 0 Å². The van der Waals surface area contributed by atoms with Gasteiger partial charge in [0.05, 0.1) is 11.4 Å². The van der Waals surface area contributed by atoms with E-state index in [4.69, 9.17) is 0 Å². The van der Waals surface area contributed by atoms with Crippen LogP contribution >= 0.6 is 0 Å². The fourth-order valence-electron chi connectivity index (χ4n) is 3.62.